The Morgan fingerprint density at radius 3 is 2.46 bits per heavy atom. The first-order valence-corrected chi connectivity index (χ1v) is 17.6. The zero-order chi connectivity index (χ0) is 33.3. The standard InChI is InChI=1S/C36H49N3O6S/c1-26-14-17-32(18-15-26)46(42,43)37-31-16-19-34-33(21-31)36(41)39(28(3)25-40)22-27(2)35(44-20-10-9-11-29(4)45-34)24-38(5)23-30-12-7-6-8-13-30/h6-8,12-19,21,27-29,35,37,40H,9-11,20,22-25H2,1-5H3/t27-,28+,29+,35-/m1/s1. The first-order valence-electron chi connectivity index (χ1n) is 16.1. The van der Waals surface area contributed by atoms with E-state index in [1.54, 1.807) is 48.2 Å². The highest BCUT2D eigenvalue weighted by atomic mass is 32.2. The van der Waals surface area contributed by atoms with Crippen molar-refractivity contribution in [3.63, 3.8) is 0 Å². The molecule has 250 valence electrons. The highest BCUT2D eigenvalue weighted by Crippen LogP contribution is 2.29. The molecule has 1 aliphatic rings. The summed E-state index contributed by atoms with van der Waals surface area (Å²) in [5, 5.41) is 10.2. The number of nitrogens with zero attached hydrogens (tertiary/aromatic N) is 2. The summed E-state index contributed by atoms with van der Waals surface area (Å²) in [6.45, 7) is 9.88. The fraction of sp³-hybridized carbons (Fsp3) is 0.472. The Morgan fingerprint density at radius 2 is 1.76 bits per heavy atom. The molecule has 0 aliphatic carbocycles. The predicted octanol–water partition coefficient (Wildman–Crippen LogP) is 5.72. The van der Waals surface area contributed by atoms with Crippen LogP contribution in [0.5, 0.6) is 5.75 Å². The summed E-state index contributed by atoms with van der Waals surface area (Å²) >= 11 is 0. The molecular weight excluding hydrogens is 602 g/mol. The average Bonchev–Trinajstić information content (AvgIpc) is 3.03. The van der Waals surface area contributed by atoms with E-state index >= 15 is 0 Å². The summed E-state index contributed by atoms with van der Waals surface area (Å²) in [5.41, 5.74) is 2.64. The number of sulfonamides is 1. The summed E-state index contributed by atoms with van der Waals surface area (Å²) in [6, 6.07) is 21.2. The van der Waals surface area contributed by atoms with Crippen LogP contribution in [0.15, 0.2) is 77.7 Å². The first kappa shape index (κ1) is 35.4. The number of aliphatic hydroxyl groups is 1. The van der Waals surface area contributed by atoms with Crippen LogP contribution in [-0.4, -0.2) is 80.8 Å². The van der Waals surface area contributed by atoms with Gasteiger partial charge in [0.05, 0.1) is 35.3 Å². The number of carbonyl (C=O) groups excluding carboxylic acids is 1. The summed E-state index contributed by atoms with van der Waals surface area (Å²) in [5.74, 6) is -0.0305. The van der Waals surface area contributed by atoms with Crippen molar-refractivity contribution in [2.24, 2.45) is 5.92 Å². The molecule has 0 bridgehead atoms. The topological polar surface area (TPSA) is 108 Å². The van der Waals surface area contributed by atoms with Crippen molar-refractivity contribution in [1.29, 1.82) is 0 Å². The van der Waals surface area contributed by atoms with Crippen molar-refractivity contribution in [2.45, 2.75) is 76.6 Å². The Bertz CT molecular complexity index is 1520. The van der Waals surface area contributed by atoms with Gasteiger partial charge in [0.15, 0.2) is 0 Å². The molecule has 1 heterocycles. The van der Waals surface area contributed by atoms with Crippen LogP contribution in [0, 0.1) is 12.8 Å². The van der Waals surface area contributed by atoms with Gasteiger partial charge in [0.25, 0.3) is 15.9 Å². The molecule has 2 N–H and O–H groups in total. The molecule has 0 fully saturated rings. The number of aliphatic hydroxyl groups excluding tert-OH is 1. The quantitative estimate of drug-likeness (QED) is 0.305. The fourth-order valence-electron chi connectivity index (χ4n) is 5.65. The lowest BCUT2D eigenvalue weighted by Crippen LogP contribution is -2.47. The van der Waals surface area contributed by atoms with Crippen LogP contribution >= 0.6 is 0 Å². The molecule has 1 amide bonds. The summed E-state index contributed by atoms with van der Waals surface area (Å²) in [4.78, 5) is 18.4. The van der Waals surface area contributed by atoms with Crippen molar-refractivity contribution in [2.75, 3.05) is 38.1 Å². The molecule has 0 radical (unpaired) electrons. The predicted molar refractivity (Wildman–Crippen MR) is 182 cm³/mol. The molecule has 0 saturated carbocycles. The van der Waals surface area contributed by atoms with E-state index in [0.29, 0.717) is 25.4 Å². The number of nitrogens with one attached hydrogen (secondary N) is 1. The van der Waals surface area contributed by atoms with Crippen molar-refractivity contribution >= 4 is 21.6 Å². The van der Waals surface area contributed by atoms with Gasteiger partial charge in [-0.05, 0) is 83.0 Å². The summed E-state index contributed by atoms with van der Waals surface area (Å²) < 4.78 is 41.8. The number of anilines is 1. The highest BCUT2D eigenvalue weighted by Gasteiger charge is 2.30. The second-order valence-electron chi connectivity index (χ2n) is 12.6. The largest absolute Gasteiger partial charge is 0.490 e. The lowest BCUT2D eigenvalue weighted by atomic mass is 10.0. The summed E-state index contributed by atoms with van der Waals surface area (Å²) in [7, 11) is -1.82. The Balaban J connectivity index is 1.64. The smallest absolute Gasteiger partial charge is 0.261 e. The number of hydrogen-bond donors (Lipinski definition) is 2. The molecule has 4 rings (SSSR count). The van der Waals surface area contributed by atoms with E-state index in [-0.39, 0.29) is 46.8 Å². The van der Waals surface area contributed by atoms with Gasteiger partial charge in [-0.2, -0.15) is 0 Å². The third-order valence-corrected chi connectivity index (χ3v) is 9.82. The number of ether oxygens (including phenoxy) is 2. The zero-order valence-corrected chi connectivity index (χ0v) is 28.5. The molecule has 0 aromatic heterocycles. The monoisotopic (exact) mass is 651 g/mol. The number of likely N-dealkylation sites (N-methyl/N-ethyl adjacent to an activating group) is 1. The van der Waals surface area contributed by atoms with Gasteiger partial charge in [-0.15, -0.1) is 0 Å². The Kier molecular flexibility index (Phi) is 12.6. The van der Waals surface area contributed by atoms with Gasteiger partial charge in [-0.3, -0.25) is 14.4 Å². The van der Waals surface area contributed by atoms with Gasteiger partial charge in [0.2, 0.25) is 0 Å². The molecule has 0 unspecified atom stereocenters. The van der Waals surface area contributed by atoms with Gasteiger partial charge in [0, 0.05) is 37.8 Å². The van der Waals surface area contributed by atoms with Crippen LogP contribution in [0.1, 0.15) is 61.5 Å². The number of amides is 1. The van der Waals surface area contributed by atoms with E-state index in [2.05, 4.69) is 35.7 Å². The van der Waals surface area contributed by atoms with E-state index in [1.165, 1.54) is 11.6 Å². The third kappa shape index (κ3) is 9.78. The maximum atomic E-state index is 14.4. The SMILES string of the molecule is Cc1ccc(S(=O)(=O)Nc2ccc3c(c2)C(=O)N([C@@H](C)CO)C[C@@H](C)[C@@H](CN(C)Cc2ccccc2)OCCCC[C@H](C)O3)cc1. The molecular formula is C36H49N3O6S. The first-order chi connectivity index (χ1) is 22.0. The molecule has 1 aliphatic heterocycles. The van der Waals surface area contributed by atoms with Gasteiger partial charge < -0.3 is 19.5 Å². The maximum Gasteiger partial charge on any atom is 0.261 e. The lowest BCUT2D eigenvalue weighted by Gasteiger charge is -2.36. The molecule has 3 aromatic carbocycles. The minimum atomic E-state index is -3.90. The van der Waals surface area contributed by atoms with Crippen LogP contribution in [-0.2, 0) is 21.3 Å². The van der Waals surface area contributed by atoms with E-state index in [0.717, 1.165) is 31.4 Å². The molecule has 10 heteroatoms. The number of rotatable bonds is 9. The molecule has 9 nitrogen and oxygen atoms in total. The van der Waals surface area contributed by atoms with Crippen LogP contribution in [0.4, 0.5) is 5.69 Å². The van der Waals surface area contributed by atoms with E-state index in [9.17, 15) is 18.3 Å². The van der Waals surface area contributed by atoms with Crippen molar-refractivity contribution in [1.82, 2.24) is 9.80 Å². The Labute approximate surface area is 274 Å². The van der Waals surface area contributed by atoms with Crippen molar-refractivity contribution in [3.8, 4) is 5.75 Å². The van der Waals surface area contributed by atoms with Crippen LogP contribution in [0.2, 0.25) is 0 Å². The van der Waals surface area contributed by atoms with Crippen LogP contribution in [0.25, 0.3) is 0 Å². The zero-order valence-electron chi connectivity index (χ0n) is 27.7. The Hall–Kier alpha value is -3.44. The fourth-order valence-corrected chi connectivity index (χ4v) is 6.70. The molecule has 4 atom stereocenters. The minimum Gasteiger partial charge on any atom is -0.490 e. The minimum absolute atomic E-state index is 0.0642. The summed E-state index contributed by atoms with van der Waals surface area (Å²) in [6.07, 6.45) is 2.21. The second kappa shape index (κ2) is 16.4. The van der Waals surface area contributed by atoms with Gasteiger partial charge >= 0.3 is 0 Å². The number of hydrogen-bond acceptors (Lipinski definition) is 7. The van der Waals surface area contributed by atoms with E-state index in [1.807, 2.05) is 32.0 Å². The maximum absolute atomic E-state index is 14.4. The normalized spacial score (nSPS) is 20.8. The van der Waals surface area contributed by atoms with Gasteiger partial charge in [-0.25, -0.2) is 8.42 Å². The second-order valence-corrected chi connectivity index (χ2v) is 14.3. The van der Waals surface area contributed by atoms with Crippen molar-refractivity contribution < 1.29 is 27.8 Å². The van der Waals surface area contributed by atoms with Gasteiger partial charge in [0.1, 0.15) is 5.75 Å². The Morgan fingerprint density at radius 1 is 1.04 bits per heavy atom. The van der Waals surface area contributed by atoms with E-state index in [4.69, 9.17) is 9.47 Å². The van der Waals surface area contributed by atoms with Crippen LogP contribution in [0.3, 0.4) is 0 Å². The number of carbonyl (C=O) groups is 1. The van der Waals surface area contributed by atoms with Gasteiger partial charge in [-0.1, -0.05) is 55.0 Å². The number of benzene rings is 3. The molecule has 0 saturated heterocycles. The molecule has 46 heavy (non-hydrogen) atoms. The van der Waals surface area contributed by atoms with E-state index < -0.39 is 16.1 Å². The highest BCUT2D eigenvalue weighted by molar-refractivity contribution is 7.92. The third-order valence-electron chi connectivity index (χ3n) is 8.42. The van der Waals surface area contributed by atoms with Crippen LogP contribution < -0.4 is 9.46 Å². The molecule has 3 aromatic rings. The molecule has 0 spiro atoms. The number of aryl methyl sites for hydroxylation is 1. The van der Waals surface area contributed by atoms with Crippen molar-refractivity contribution in [3.05, 3.63) is 89.5 Å². The lowest BCUT2D eigenvalue weighted by molar-refractivity contribution is -0.0177. The number of fused-ring (bicyclic) bond motifs is 1. The average molecular weight is 652 g/mol.